The van der Waals surface area contributed by atoms with E-state index in [1.807, 2.05) is 0 Å². The molecule has 0 aromatic heterocycles. The van der Waals surface area contributed by atoms with Crippen LogP contribution in [-0.2, 0) is 4.79 Å². The molecule has 1 aliphatic rings. The zero-order valence-corrected chi connectivity index (χ0v) is 11.7. The van der Waals surface area contributed by atoms with Gasteiger partial charge in [-0.25, -0.2) is 9.18 Å². The molecule has 0 aliphatic heterocycles. The van der Waals surface area contributed by atoms with Crippen molar-refractivity contribution < 1.29 is 19.1 Å². The van der Waals surface area contributed by atoms with Crippen molar-refractivity contribution in [3.05, 3.63) is 30.1 Å². The normalized spacial score (nSPS) is 17.0. The molecule has 0 atom stereocenters. The molecule has 0 unspecified atom stereocenters. The average molecular weight is 294 g/mol. The topological polar surface area (TPSA) is 78.4 Å². The van der Waals surface area contributed by atoms with E-state index in [-0.39, 0.29) is 12.1 Å². The number of amides is 2. The molecule has 0 spiro atoms. The molecule has 0 radical (unpaired) electrons. The molecular formula is C15H19FN2O3. The Morgan fingerprint density at radius 2 is 1.86 bits per heavy atom. The van der Waals surface area contributed by atoms with Crippen molar-refractivity contribution in [1.82, 2.24) is 5.32 Å². The summed E-state index contributed by atoms with van der Waals surface area (Å²) in [5, 5.41) is 14.2. The smallest absolute Gasteiger partial charge is 0.319 e. The van der Waals surface area contributed by atoms with E-state index in [4.69, 9.17) is 5.11 Å². The van der Waals surface area contributed by atoms with E-state index in [0.717, 1.165) is 19.3 Å². The third kappa shape index (κ3) is 4.18. The zero-order valence-electron chi connectivity index (χ0n) is 11.7. The minimum atomic E-state index is -0.942. The number of halogens is 1. The number of nitrogens with one attached hydrogen (secondary N) is 2. The Bertz CT molecular complexity index is 527. The van der Waals surface area contributed by atoms with Crippen LogP contribution in [0.15, 0.2) is 24.3 Å². The largest absolute Gasteiger partial charge is 0.481 e. The predicted octanol–water partition coefficient (Wildman–Crippen LogP) is 3.12. The van der Waals surface area contributed by atoms with Crippen LogP contribution in [0.1, 0.15) is 38.5 Å². The summed E-state index contributed by atoms with van der Waals surface area (Å²) in [6, 6.07) is 5.30. The molecule has 0 heterocycles. The molecule has 1 fully saturated rings. The van der Waals surface area contributed by atoms with Crippen LogP contribution in [0.25, 0.3) is 0 Å². The number of carbonyl (C=O) groups is 2. The van der Waals surface area contributed by atoms with E-state index < -0.39 is 23.4 Å². The second-order valence-electron chi connectivity index (χ2n) is 5.47. The average Bonchev–Trinajstić information content (AvgIpc) is 2.41. The minimum absolute atomic E-state index is 0.0799. The maximum atomic E-state index is 13.5. The number of hydrogen-bond donors (Lipinski definition) is 3. The van der Waals surface area contributed by atoms with Crippen LogP contribution >= 0.6 is 0 Å². The van der Waals surface area contributed by atoms with Gasteiger partial charge in [-0.05, 0) is 25.0 Å². The molecule has 1 aromatic carbocycles. The van der Waals surface area contributed by atoms with Crippen LogP contribution in [-0.4, -0.2) is 22.6 Å². The molecule has 1 aromatic rings. The van der Waals surface area contributed by atoms with Crippen LogP contribution in [0.2, 0.25) is 0 Å². The van der Waals surface area contributed by atoms with Crippen molar-refractivity contribution >= 4 is 17.7 Å². The van der Waals surface area contributed by atoms with E-state index in [1.54, 1.807) is 6.07 Å². The SMILES string of the molecule is O=C(O)CC1(NC(=O)Nc2ccccc2F)CCCCC1. The van der Waals surface area contributed by atoms with Gasteiger partial charge in [0.25, 0.3) is 0 Å². The molecule has 1 saturated carbocycles. The van der Waals surface area contributed by atoms with Gasteiger partial charge in [-0.2, -0.15) is 0 Å². The van der Waals surface area contributed by atoms with Gasteiger partial charge in [0, 0.05) is 0 Å². The summed E-state index contributed by atoms with van der Waals surface area (Å²) in [5.41, 5.74) is -0.657. The number of urea groups is 1. The Labute approximate surface area is 122 Å². The van der Waals surface area contributed by atoms with Gasteiger partial charge in [0.2, 0.25) is 0 Å². The number of carbonyl (C=O) groups excluding carboxylic acids is 1. The number of para-hydroxylation sites is 1. The molecule has 6 heteroatoms. The molecule has 114 valence electrons. The Hall–Kier alpha value is -2.11. The summed E-state index contributed by atoms with van der Waals surface area (Å²) in [4.78, 5) is 23.1. The monoisotopic (exact) mass is 294 g/mol. The summed E-state index contributed by atoms with van der Waals surface area (Å²) in [6.07, 6.45) is 3.95. The molecule has 21 heavy (non-hydrogen) atoms. The van der Waals surface area contributed by atoms with E-state index in [9.17, 15) is 14.0 Å². The van der Waals surface area contributed by atoms with Crippen molar-refractivity contribution in [3.8, 4) is 0 Å². The lowest BCUT2D eigenvalue weighted by molar-refractivity contribution is -0.139. The summed E-state index contributed by atoms with van der Waals surface area (Å²) < 4.78 is 13.5. The fourth-order valence-electron chi connectivity index (χ4n) is 2.82. The fraction of sp³-hybridized carbons (Fsp3) is 0.467. The van der Waals surface area contributed by atoms with E-state index in [1.165, 1.54) is 18.2 Å². The van der Waals surface area contributed by atoms with Crippen molar-refractivity contribution in [2.45, 2.75) is 44.1 Å². The van der Waals surface area contributed by atoms with Crippen LogP contribution in [0.3, 0.4) is 0 Å². The lowest BCUT2D eigenvalue weighted by Crippen LogP contribution is -2.52. The van der Waals surface area contributed by atoms with Gasteiger partial charge in [-0.3, -0.25) is 4.79 Å². The number of rotatable bonds is 4. The fourth-order valence-corrected chi connectivity index (χ4v) is 2.82. The highest BCUT2D eigenvalue weighted by atomic mass is 19.1. The van der Waals surface area contributed by atoms with Crippen LogP contribution in [0.5, 0.6) is 0 Å². The number of carboxylic acid groups (broad SMARTS) is 1. The van der Waals surface area contributed by atoms with Crippen LogP contribution < -0.4 is 10.6 Å². The molecule has 1 aliphatic carbocycles. The first-order valence-corrected chi connectivity index (χ1v) is 7.06. The van der Waals surface area contributed by atoms with Gasteiger partial charge in [-0.15, -0.1) is 0 Å². The predicted molar refractivity (Wildman–Crippen MR) is 76.6 cm³/mol. The molecule has 0 saturated heterocycles. The first kappa shape index (κ1) is 15.3. The quantitative estimate of drug-likeness (QED) is 0.798. The zero-order chi connectivity index (χ0) is 15.3. The van der Waals surface area contributed by atoms with Crippen molar-refractivity contribution in [2.24, 2.45) is 0 Å². The highest BCUT2D eigenvalue weighted by Crippen LogP contribution is 2.31. The lowest BCUT2D eigenvalue weighted by atomic mass is 9.79. The second kappa shape index (κ2) is 6.56. The summed E-state index contributed by atoms with van der Waals surface area (Å²) in [5.74, 6) is -1.47. The molecule has 2 amide bonds. The molecular weight excluding hydrogens is 275 g/mol. The number of benzene rings is 1. The van der Waals surface area contributed by atoms with Gasteiger partial charge in [0.15, 0.2) is 0 Å². The molecule has 3 N–H and O–H groups in total. The Morgan fingerprint density at radius 1 is 1.19 bits per heavy atom. The van der Waals surface area contributed by atoms with E-state index in [2.05, 4.69) is 10.6 Å². The van der Waals surface area contributed by atoms with E-state index in [0.29, 0.717) is 12.8 Å². The number of carboxylic acids is 1. The Balaban J connectivity index is 2.04. The number of anilines is 1. The van der Waals surface area contributed by atoms with Gasteiger partial charge in [0.05, 0.1) is 17.6 Å². The van der Waals surface area contributed by atoms with Crippen molar-refractivity contribution in [1.29, 1.82) is 0 Å². The van der Waals surface area contributed by atoms with Crippen LogP contribution in [0.4, 0.5) is 14.9 Å². The maximum Gasteiger partial charge on any atom is 0.319 e. The van der Waals surface area contributed by atoms with Gasteiger partial charge in [-0.1, -0.05) is 31.4 Å². The highest BCUT2D eigenvalue weighted by molar-refractivity contribution is 5.90. The standard InChI is InChI=1S/C15H19FN2O3/c16-11-6-2-3-7-12(11)17-14(21)18-15(10-13(19)20)8-4-1-5-9-15/h2-3,6-7H,1,4-5,8-10H2,(H,19,20)(H2,17,18,21). The van der Waals surface area contributed by atoms with Crippen LogP contribution in [0, 0.1) is 5.82 Å². The Morgan fingerprint density at radius 3 is 2.48 bits per heavy atom. The maximum absolute atomic E-state index is 13.5. The van der Waals surface area contributed by atoms with Gasteiger partial charge in [0.1, 0.15) is 5.82 Å². The second-order valence-corrected chi connectivity index (χ2v) is 5.47. The third-order valence-corrected chi connectivity index (χ3v) is 3.80. The van der Waals surface area contributed by atoms with Gasteiger partial charge < -0.3 is 15.7 Å². The first-order chi connectivity index (χ1) is 10.0. The Kier molecular flexibility index (Phi) is 4.77. The molecule has 0 bridgehead atoms. The first-order valence-electron chi connectivity index (χ1n) is 7.06. The molecule has 5 nitrogen and oxygen atoms in total. The third-order valence-electron chi connectivity index (χ3n) is 3.80. The van der Waals surface area contributed by atoms with E-state index >= 15 is 0 Å². The molecule has 2 rings (SSSR count). The van der Waals surface area contributed by atoms with Gasteiger partial charge >= 0.3 is 12.0 Å². The lowest BCUT2D eigenvalue weighted by Gasteiger charge is -2.36. The number of aliphatic carboxylic acids is 1. The van der Waals surface area contributed by atoms with Crippen molar-refractivity contribution in [2.75, 3.05) is 5.32 Å². The summed E-state index contributed by atoms with van der Waals surface area (Å²) in [7, 11) is 0. The summed E-state index contributed by atoms with van der Waals surface area (Å²) >= 11 is 0. The minimum Gasteiger partial charge on any atom is -0.481 e. The highest BCUT2D eigenvalue weighted by Gasteiger charge is 2.35. The summed E-state index contributed by atoms with van der Waals surface area (Å²) in [6.45, 7) is 0. The van der Waals surface area contributed by atoms with Crippen molar-refractivity contribution in [3.63, 3.8) is 0 Å². The number of hydrogen-bond acceptors (Lipinski definition) is 2.